The maximum Gasteiger partial charge on any atom is 0.330 e. The Kier molecular flexibility index (Phi) is 4.90. The van der Waals surface area contributed by atoms with E-state index >= 15 is 0 Å². The van der Waals surface area contributed by atoms with Crippen molar-refractivity contribution in [3.63, 3.8) is 0 Å². The molecule has 0 heterocycles. The molecule has 4 aromatic rings. The Morgan fingerprint density at radius 3 is 2.00 bits per heavy atom. The van der Waals surface area contributed by atoms with Crippen molar-refractivity contribution in [3.05, 3.63) is 102 Å². The van der Waals surface area contributed by atoms with Gasteiger partial charge in [0, 0.05) is 10.2 Å². The van der Waals surface area contributed by atoms with Gasteiger partial charge in [0.1, 0.15) is 0 Å². The molecule has 0 radical (unpaired) electrons. The summed E-state index contributed by atoms with van der Waals surface area (Å²) < 4.78 is 1.04. The fourth-order valence-corrected chi connectivity index (χ4v) is 3.55. The van der Waals surface area contributed by atoms with Crippen LogP contribution in [0.15, 0.2) is 102 Å². The van der Waals surface area contributed by atoms with Crippen molar-refractivity contribution in [3.8, 4) is 0 Å². The average molecular weight is 417 g/mol. The summed E-state index contributed by atoms with van der Waals surface area (Å²) in [6, 6.07) is 31.0. The lowest BCUT2D eigenvalue weighted by atomic mass is 10.1. The molecule has 0 saturated heterocycles. The summed E-state index contributed by atoms with van der Waals surface area (Å²) in [7, 11) is 0. The third-order valence-electron chi connectivity index (χ3n) is 4.31. The maximum atomic E-state index is 13.1. The van der Waals surface area contributed by atoms with E-state index in [2.05, 4.69) is 21.2 Å². The molecule has 4 rings (SSSR count). The van der Waals surface area contributed by atoms with E-state index in [4.69, 9.17) is 0 Å². The molecule has 132 valence electrons. The van der Waals surface area contributed by atoms with E-state index < -0.39 is 0 Å². The second-order valence-electron chi connectivity index (χ2n) is 6.11. The molecule has 0 aromatic heterocycles. The van der Waals surface area contributed by atoms with Gasteiger partial charge in [-0.3, -0.25) is 4.90 Å². The minimum absolute atomic E-state index is 0.207. The van der Waals surface area contributed by atoms with E-state index in [1.807, 2.05) is 97.1 Å². The summed E-state index contributed by atoms with van der Waals surface area (Å²) in [6.07, 6.45) is 0. The first kappa shape index (κ1) is 17.3. The van der Waals surface area contributed by atoms with Crippen molar-refractivity contribution in [2.24, 2.45) is 0 Å². The van der Waals surface area contributed by atoms with Crippen LogP contribution >= 0.6 is 15.9 Å². The van der Waals surface area contributed by atoms with Gasteiger partial charge in [0.15, 0.2) is 0 Å². The summed E-state index contributed by atoms with van der Waals surface area (Å²) in [5.41, 5.74) is 2.37. The number of nitrogens with zero attached hydrogens (tertiary/aromatic N) is 1. The fourth-order valence-electron chi connectivity index (χ4n) is 3.04. The Bertz CT molecular complexity index is 1040. The molecule has 0 fully saturated rings. The van der Waals surface area contributed by atoms with E-state index in [0.29, 0.717) is 0 Å². The van der Waals surface area contributed by atoms with Gasteiger partial charge in [-0.1, -0.05) is 70.5 Å². The minimum atomic E-state index is -0.207. The van der Waals surface area contributed by atoms with E-state index in [1.54, 1.807) is 4.90 Å². The third kappa shape index (κ3) is 3.71. The van der Waals surface area contributed by atoms with Crippen LogP contribution in [0.25, 0.3) is 10.8 Å². The average Bonchev–Trinajstić information content (AvgIpc) is 2.70. The number of halogens is 1. The predicted octanol–water partition coefficient (Wildman–Crippen LogP) is 6.97. The first-order chi connectivity index (χ1) is 13.2. The Hall–Kier alpha value is -3.11. The zero-order chi connectivity index (χ0) is 18.6. The number of fused-ring (bicyclic) bond motifs is 1. The molecule has 0 unspecified atom stereocenters. The normalized spacial score (nSPS) is 10.6. The second-order valence-corrected chi connectivity index (χ2v) is 6.97. The maximum absolute atomic E-state index is 13.1. The standard InChI is InChI=1S/C23H17BrN2O/c24-22-13-7-8-17-16-18(14-15-21(17)22)25-23(27)26(19-9-3-1-4-10-19)20-11-5-2-6-12-20/h1-16H,(H,25,27). The van der Waals surface area contributed by atoms with Gasteiger partial charge in [-0.2, -0.15) is 0 Å². The SMILES string of the molecule is O=C(Nc1ccc2c(Br)cccc2c1)N(c1ccccc1)c1ccccc1. The highest BCUT2D eigenvalue weighted by Gasteiger charge is 2.18. The number of para-hydroxylation sites is 2. The number of nitrogens with one attached hydrogen (secondary N) is 1. The Balaban J connectivity index is 1.68. The molecule has 0 aliphatic heterocycles. The Labute approximate surface area is 166 Å². The topological polar surface area (TPSA) is 32.3 Å². The summed E-state index contributed by atoms with van der Waals surface area (Å²) >= 11 is 3.56. The van der Waals surface area contributed by atoms with Crippen LogP contribution in [0.5, 0.6) is 0 Å². The fraction of sp³-hybridized carbons (Fsp3) is 0. The summed E-state index contributed by atoms with van der Waals surface area (Å²) in [5, 5.41) is 5.20. The van der Waals surface area contributed by atoms with Crippen LogP contribution in [-0.2, 0) is 0 Å². The highest BCUT2D eigenvalue weighted by atomic mass is 79.9. The monoisotopic (exact) mass is 416 g/mol. The van der Waals surface area contributed by atoms with Gasteiger partial charge in [-0.25, -0.2) is 4.79 Å². The third-order valence-corrected chi connectivity index (χ3v) is 5.00. The summed E-state index contributed by atoms with van der Waals surface area (Å²) in [6.45, 7) is 0. The van der Waals surface area contributed by atoms with Gasteiger partial charge in [-0.15, -0.1) is 0 Å². The van der Waals surface area contributed by atoms with Crippen LogP contribution < -0.4 is 10.2 Å². The van der Waals surface area contributed by atoms with E-state index in [-0.39, 0.29) is 6.03 Å². The Morgan fingerprint density at radius 1 is 0.741 bits per heavy atom. The molecule has 0 bridgehead atoms. The van der Waals surface area contributed by atoms with Crippen molar-refractivity contribution in [1.82, 2.24) is 0 Å². The first-order valence-electron chi connectivity index (χ1n) is 8.62. The van der Waals surface area contributed by atoms with Crippen molar-refractivity contribution in [2.45, 2.75) is 0 Å². The van der Waals surface area contributed by atoms with Gasteiger partial charge in [0.05, 0.1) is 11.4 Å². The molecule has 4 heteroatoms. The molecule has 3 nitrogen and oxygen atoms in total. The van der Waals surface area contributed by atoms with Crippen molar-refractivity contribution in [1.29, 1.82) is 0 Å². The molecule has 2 amide bonds. The number of amides is 2. The molecule has 0 saturated carbocycles. The number of urea groups is 1. The zero-order valence-corrected chi connectivity index (χ0v) is 16.1. The molecular weight excluding hydrogens is 400 g/mol. The number of benzene rings is 4. The molecule has 0 aliphatic rings. The van der Waals surface area contributed by atoms with Crippen LogP contribution in [0.4, 0.5) is 21.9 Å². The summed E-state index contributed by atoms with van der Waals surface area (Å²) in [4.78, 5) is 14.8. The molecule has 1 N–H and O–H groups in total. The lowest BCUT2D eigenvalue weighted by molar-refractivity contribution is 0.259. The molecule has 0 spiro atoms. The van der Waals surface area contributed by atoms with Crippen LogP contribution in [-0.4, -0.2) is 6.03 Å². The predicted molar refractivity (Wildman–Crippen MR) is 116 cm³/mol. The smallest absolute Gasteiger partial charge is 0.307 e. The van der Waals surface area contributed by atoms with Gasteiger partial charge in [0.25, 0.3) is 0 Å². The lowest BCUT2D eigenvalue weighted by Gasteiger charge is -2.23. The first-order valence-corrected chi connectivity index (χ1v) is 9.41. The van der Waals surface area contributed by atoms with Crippen molar-refractivity contribution < 1.29 is 4.79 Å². The number of rotatable bonds is 3. The van der Waals surface area contributed by atoms with Crippen LogP contribution in [0.1, 0.15) is 0 Å². The molecule has 4 aromatic carbocycles. The van der Waals surface area contributed by atoms with Crippen molar-refractivity contribution >= 4 is 49.8 Å². The number of hydrogen-bond acceptors (Lipinski definition) is 1. The molecule has 0 aliphatic carbocycles. The number of hydrogen-bond donors (Lipinski definition) is 1. The number of carbonyl (C=O) groups is 1. The van der Waals surface area contributed by atoms with E-state index in [0.717, 1.165) is 32.3 Å². The van der Waals surface area contributed by atoms with E-state index in [1.165, 1.54) is 0 Å². The van der Waals surface area contributed by atoms with Gasteiger partial charge in [0.2, 0.25) is 0 Å². The van der Waals surface area contributed by atoms with Gasteiger partial charge >= 0.3 is 6.03 Å². The minimum Gasteiger partial charge on any atom is -0.307 e. The Morgan fingerprint density at radius 2 is 1.37 bits per heavy atom. The second kappa shape index (κ2) is 7.64. The largest absolute Gasteiger partial charge is 0.330 e. The van der Waals surface area contributed by atoms with Crippen LogP contribution in [0.2, 0.25) is 0 Å². The van der Waals surface area contributed by atoms with Crippen molar-refractivity contribution in [2.75, 3.05) is 10.2 Å². The highest BCUT2D eigenvalue weighted by molar-refractivity contribution is 9.10. The molecular formula is C23H17BrN2O. The number of anilines is 3. The lowest BCUT2D eigenvalue weighted by Crippen LogP contribution is -2.30. The summed E-state index contributed by atoms with van der Waals surface area (Å²) in [5.74, 6) is 0. The van der Waals surface area contributed by atoms with Gasteiger partial charge < -0.3 is 5.32 Å². The van der Waals surface area contributed by atoms with Gasteiger partial charge in [-0.05, 0) is 53.2 Å². The quantitative estimate of drug-likeness (QED) is 0.384. The van der Waals surface area contributed by atoms with Crippen LogP contribution in [0, 0.1) is 0 Å². The van der Waals surface area contributed by atoms with Crippen LogP contribution in [0.3, 0.4) is 0 Å². The number of carbonyl (C=O) groups excluding carboxylic acids is 1. The van der Waals surface area contributed by atoms with E-state index in [9.17, 15) is 4.79 Å². The zero-order valence-electron chi connectivity index (χ0n) is 14.5. The molecule has 27 heavy (non-hydrogen) atoms. The molecule has 0 atom stereocenters. The highest BCUT2D eigenvalue weighted by Crippen LogP contribution is 2.28.